The van der Waals surface area contributed by atoms with Gasteiger partial charge in [0.2, 0.25) is 5.88 Å². The van der Waals surface area contributed by atoms with Crippen LogP contribution in [0.15, 0.2) is 35.0 Å². The van der Waals surface area contributed by atoms with Gasteiger partial charge in [0.1, 0.15) is 5.76 Å². The second kappa shape index (κ2) is 6.71. The first-order valence-corrected chi connectivity index (χ1v) is 8.58. The molecule has 2 fully saturated rings. The molecule has 5 heteroatoms. The SMILES string of the molecule is c1ccc(OCC2CCN(Cc3cc(C4CC4)on3)CC2)nc1. The average molecular weight is 313 g/mol. The smallest absolute Gasteiger partial charge is 0.213 e. The Bertz CT molecular complexity index is 616. The van der Waals surface area contributed by atoms with Crippen LogP contribution in [0.5, 0.6) is 5.88 Å². The molecule has 1 aliphatic heterocycles. The molecule has 0 aromatic carbocycles. The van der Waals surface area contributed by atoms with Crippen molar-refractivity contribution in [2.45, 2.75) is 38.1 Å². The summed E-state index contributed by atoms with van der Waals surface area (Å²) in [5, 5.41) is 4.22. The van der Waals surface area contributed by atoms with E-state index in [4.69, 9.17) is 9.26 Å². The minimum Gasteiger partial charge on any atom is -0.477 e. The summed E-state index contributed by atoms with van der Waals surface area (Å²) in [5.74, 6) is 3.07. The van der Waals surface area contributed by atoms with Crippen molar-refractivity contribution in [3.05, 3.63) is 41.9 Å². The van der Waals surface area contributed by atoms with Gasteiger partial charge in [0.25, 0.3) is 0 Å². The van der Waals surface area contributed by atoms with Crippen LogP contribution in [0.3, 0.4) is 0 Å². The van der Waals surface area contributed by atoms with Gasteiger partial charge in [-0.1, -0.05) is 11.2 Å². The molecule has 0 bridgehead atoms. The van der Waals surface area contributed by atoms with Gasteiger partial charge in [-0.3, -0.25) is 4.90 Å². The highest BCUT2D eigenvalue weighted by atomic mass is 16.5. The lowest BCUT2D eigenvalue weighted by atomic mass is 9.98. The molecule has 2 aliphatic rings. The number of hydrogen-bond donors (Lipinski definition) is 0. The van der Waals surface area contributed by atoms with Crippen molar-refractivity contribution in [2.75, 3.05) is 19.7 Å². The fraction of sp³-hybridized carbons (Fsp3) is 0.556. The minimum atomic E-state index is 0.618. The van der Waals surface area contributed by atoms with Gasteiger partial charge in [-0.25, -0.2) is 4.98 Å². The second-order valence-corrected chi connectivity index (χ2v) is 6.69. The van der Waals surface area contributed by atoms with Crippen molar-refractivity contribution in [1.82, 2.24) is 15.0 Å². The summed E-state index contributed by atoms with van der Waals surface area (Å²) in [6.07, 6.45) is 6.62. The van der Waals surface area contributed by atoms with Gasteiger partial charge in [0.05, 0.1) is 12.3 Å². The third kappa shape index (κ3) is 3.91. The molecule has 0 spiro atoms. The van der Waals surface area contributed by atoms with E-state index in [0.717, 1.165) is 43.6 Å². The maximum atomic E-state index is 5.78. The maximum Gasteiger partial charge on any atom is 0.213 e. The van der Waals surface area contributed by atoms with E-state index in [1.165, 1.54) is 25.7 Å². The predicted octanol–water partition coefficient (Wildman–Crippen LogP) is 3.24. The van der Waals surface area contributed by atoms with Crippen molar-refractivity contribution < 1.29 is 9.26 Å². The first kappa shape index (κ1) is 14.7. The zero-order valence-electron chi connectivity index (χ0n) is 13.4. The lowest BCUT2D eigenvalue weighted by Crippen LogP contribution is -2.35. The van der Waals surface area contributed by atoms with Crippen LogP contribution in [-0.4, -0.2) is 34.7 Å². The molecule has 3 heterocycles. The Kier molecular flexibility index (Phi) is 4.28. The number of piperidine rings is 1. The summed E-state index contributed by atoms with van der Waals surface area (Å²) in [5.41, 5.74) is 1.08. The monoisotopic (exact) mass is 313 g/mol. The summed E-state index contributed by atoms with van der Waals surface area (Å²) in [6.45, 7) is 3.87. The van der Waals surface area contributed by atoms with Gasteiger partial charge in [0.15, 0.2) is 0 Å². The largest absolute Gasteiger partial charge is 0.477 e. The molecular weight excluding hydrogens is 290 g/mol. The van der Waals surface area contributed by atoms with E-state index in [1.807, 2.05) is 18.2 Å². The predicted molar refractivity (Wildman–Crippen MR) is 86.2 cm³/mol. The zero-order chi connectivity index (χ0) is 15.5. The van der Waals surface area contributed by atoms with Crippen molar-refractivity contribution in [3.8, 4) is 5.88 Å². The van der Waals surface area contributed by atoms with E-state index in [2.05, 4.69) is 21.1 Å². The number of ether oxygens (including phenoxy) is 1. The Labute approximate surface area is 136 Å². The van der Waals surface area contributed by atoms with Crippen molar-refractivity contribution >= 4 is 0 Å². The molecule has 1 saturated heterocycles. The van der Waals surface area contributed by atoms with Gasteiger partial charge in [-0.15, -0.1) is 0 Å². The molecule has 1 aliphatic carbocycles. The molecule has 2 aromatic heterocycles. The Balaban J connectivity index is 1.21. The summed E-state index contributed by atoms with van der Waals surface area (Å²) in [6, 6.07) is 7.92. The maximum absolute atomic E-state index is 5.78. The molecule has 1 saturated carbocycles. The number of pyridine rings is 1. The molecule has 23 heavy (non-hydrogen) atoms. The van der Waals surface area contributed by atoms with Crippen LogP contribution >= 0.6 is 0 Å². The fourth-order valence-corrected chi connectivity index (χ4v) is 3.14. The number of aromatic nitrogens is 2. The van der Waals surface area contributed by atoms with Crippen LogP contribution < -0.4 is 4.74 Å². The molecule has 5 nitrogen and oxygen atoms in total. The summed E-state index contributed by atoms with van der Waals surface area (Å²) in [7, 11) is 0. The van der Waals surface area contributed by atoms with Crippen molar-refractivity contribution in [1.29, 1.82) is 0 Å². The van der Waals surface area contributed by atoms with E-state index >= 15 is 0 Å². The normalized spacial score (nSPS) is 19.8. The zero-order valence-corrected chi connectivity index (χ0v) is 13.4. The molecule has 4 rings (SSSR count). The number of likely N-dealkylation sites (tertiary alicyclic amines) is 1. The van der Waals surface area contributed by atoms with Crippen LogP contribution in [0.1, 0.15) is 43.1 Å². The van der Waals surface area contributed by atoms with E-state index < -0.39 is 0 Å². The van der Waals surface area contributed by atoms with E-state index in [0.29, 0.717) is 11.8 Å². The highest BCUT2D eigenvalue weighted by molar-refractivity contribution is 5.14. The lowest BCUT2D eigenvalue weighted by Gasteiger charge is -2.31. The van der Waals surface area contributed by atoms with Gasteiger partial charge < -0.3 is 9.26 Å². The van der Waals surface area contributed by atoms with Crippen LogP contribution in [0.2, 0.25) is 0 Å². The molecule has 122 valence electrons. The van der Waals surface area contributed by atoms with Crippen molar-refractivity contribution in [2.24, 2.45) is 5.92 Å². The molecule has 2 aromatic rings. The molecular formula is C18H23N3O2. The van der Waals surface area contributed by atoms with Gasteiger partial charge in [-0.05, 0) is 50.8 Å². The van der Waals surface area contributed by atoms with Crippen LogP contribution in [0, 0.1) is 5.92 Å². The highest BCUT2D eigenvalue weighted by Gasteiger charge is 2.28. The summed E-state index contributed by atoms with van der Waals surface area (Å²) < 4.78 is 11.2. The van der Waals surface area contributed by atoms with Gasteiger partial charge in [-0.2, -0.15) is 0 Å². The minimum absolute atomic E-state index is 0.618. The Morgan fingerprint density at radius 2 is 2.04 bits per heavy atom. The third-order valence-electron chi connectivity index (χ3n) is 4.75. The molecule has 0 N–H and O–H groups in total. The Hall–Kier alpha value is -1.88. The van der Waals surface area contributed by atoms with Gasteiger partial charge >= 0.3 is 0 Å². The van der Waals surface area contributed by atoms with E-state index in [9.17, 15) is 0 Å². The molecule has 0 amide bonds. The number of hydrogen-bond acceptors (Lipinski definition) is 5. The molecule has 0 radical (unpaired) electrons. The van der Waals surface area contributed by atoms with Gasteiger partial charge in [0, 0.05) is 30.8 Å². The van der Waals surface area contributed by atoms with Crippen LogP contribution in [0.4, 0.5) is 0 Å². The van der Waals surface area contributed by atoms with E-state index in [-0.39, 0.29) is 0 Å². The Morgan fingerprint density at radius 1 is 1.17 bits per heavy atom. The van der Waals surface area contributed by atoms with Crippen molar-refractivity contribution in [3.63, 3.8) is 0 Å². The molecule has 0 unspecified atom stereocenters. The quantitative estimate of drug-likeness (QED) is 0.819. The topological polar surface area (TPSA) is 51.4 Å². The Morgan fingerprint density at radius 3 is 2.78 bits per heavy atom. The van der Waals surface area contributed by atoms with Crippen LogP contribution in [-0.2, 0) is 6.54 Å². The standard InChI is InChI=1S/C18H23N3O2/c1-2-8-19-18(3-1)22-13-14-6-9-21(10-7-14)12-16-11-17(23-20-16)15-4-5-15/h1-3,8,11,14-15H,4-7,9-10,12-13H2. The van der Waals surface area contributed by atoms with E-state index in [1.54, 1.807) is 6.20 Å². The first-order chi connectivity index (χ1) is 11.4. The molecule has 0 atom stereocenters. The second-order valence-electron chi connectivity index (χ2n) is 6.69. The fourth-order valence-electron chi connectivity index (χ4n) is 3.14. The lowest BCUT2D eigenvalue weighted by molar-refractivity contribution is 0.132. The van der Waals surface area contributed by atoms with Crippen LogP contribution in [0.25, 0.3) is 0 Å². The number of rotatable bonds is 6. The summed E-state index contributed by atoms with van der Waals surface area (Å²) >= 11 is 0. The third-order valence-corrected chi connectivity index (χ3v) is 4.75. The summed E-state index contributed by atoms with van der Waals surface area (Å²) in [4.78, 5) is 6.67. The first-order valence-electron chi connectivity index (χ1n) is 8.58. The highest BCUT2D eigenvalue weighted by Crippen LogP contribution is 2.40. The average Bonchev–Trinajstić information content (AvgIpc) is 3.35. The number of nitrogens with zero attached hydrogens (tertiary/aromatic N) is 3.